The van der Waals surface area contributed by atoms with Crippen molar-refractivity contribution in [3.05, 3.63) is 22.4 Å². The number of carbonyl (C=O) groups is 3. The lowest BCUT2D eigenvalue weighted by Crippen LogP contribution is -2.63. The molecule has 15 heteroatoms. The van der Waals surface area contributed by atoms with Gasteiger partial charge in [-0.3, -0.25) is 9.69 Å². The van der Waals surface area contributed by atoms with E-state index in [2.05, 4.69) is 46.3 Å². The van der Waals surface area contributed by atoms with Gasteiger partial charge in [-0.25, -0.2) is 9.59 Å². The van der Waals surface area contributed by atoms with Crippen LogP contribution in [0.4, 0.5) is 26.3 Å². The summed E-state index contributed by atoms with van der Waals surface area (Å²) in [6, 6.07) is 4.36. The minimum atomic E-state index is -5.08. The normalized spacial score (nSPS) is 20.7. The molecule has 8 nitrogen and oxygen atoms in total. The average molecular weight is 564 g/mol. The molecule has 2 N–H and O–H groups in total. The molecule has 1 aromatic rings. The second-order valence-electron chi connectivity index (χ2n) is 8.93. The van der Waals surface area contributed by atoms with E-state index in [1.165, 1.54) is 24.1 Å². The largest absolute Gasteiger partial charge is 0.490 e. The number of likely N-dealkylation sites (N-methyl/N-ethyl adjacent to an activating group) is 1. The van der Waals surface area contributed by atoms with Gasteiger partial charge < -0.3 is 20.0 Å². The molecule has 3 heterocycles. The highest BCUT2D eigenvalue weighted by Crippen LogP contribution is 2.37. The fraction of sp³-hybridized carbons (Fsp3) is 0.682. The maximum atomic E-state index is 12.6. The third-order valence-corrected chi connectivity index (χ3v) is 6.62. The molecule has 1 unspecified atom stereocenters. The van der Waals surface area contributed by atoms with Gasteiger partial charge in [-0.15, -0.1) is 11.3 Å². The van der Waals surface area contributed by atoms with E-state index in [1.54, 1.807) is 0 Å². The first-order valence-electron chi connectivity index (χ1n) is 11.3. The Balaban J connectivity index is 0.000000404. The van der Waals surface area contributed by atoms with Crippen LogP contribution in [0.25, 0.3) is 0 Å². The number of hydrogen-bond donors (Lipinski definition) is 2. The third kappa shape index (κ3) is 11.3. The van der Waals surface area contributed by atoms with Crippen molar-refractivity contribution >= 4 is 29.2 Å². The fourth-order valence-electron chi connectivity index (χ4n) is 4.15. The van der Waals surface area contributed by atoms with Crippen molar-refractivity contribution < 1.29 is 50.9 Å². The summed E-state index contributed by atoms with van der Waals surface area (Å²) in [5.74, 6) is -5.14. The minimum absolute atomic E-state index is 0.0842. The maximum Gasteiger partial charge on any atom is 0.490 e. The molecule has 37 heavy (non-hydrogen) atoms. The highest BCUT2D eigenvalue weighted by molar-refractivity contribution is 7.09. The van der Waals surface area contributed by atoms with Crippen molar-refractivity contribution in [3.8, 4) is 0 Å². The number of carboxylic acid groups (broad SMARTS) is 2. The number of nitrogens with zero attached hydrogens (tertiary/aromatic N) is 3. The molecule has 0 radical (unpaired) electrons. The van der Waals surface area contributed by atoms with E-state index >= 15 is 0 Å². The minimum Gasteiger partial charge on any atom is -0.475 e. The zero-order valence-electron chi connectivity index (χ0n) is 20.4. The summed E-state index contributed by atoms with van der Waals surface area (Å²) in [5.41, 5.74) is 0.0842. The van der Waals surface area contributed by atoms with Crippen molar-refractivity contribution in [1.82, 2.24) is 14.7 Å². The average Bonchev–Trinajstić information content (AvgIpc) is 3.26. The molecule has 0 saturated carbocycles. The molecule has 1 atom stereocenters. The summed E-state index contributed by atoms with van der Waals surface area (Å²) in [6.45, 7) is 5.08. The summed E-state index contributed by atoms with van der Waals surface area (Å²) in [6.07, 6.45) is -4.82. The predicted molar refractivity (Wildman–Crippen MR) is 123 cm³/mol. The zero-order valence-corrected chi connectivity index (χ0v) is 21.3. The molecule has 2 fully saturated rings. The molecule has 212 valence electrons. The molecule has 1 aromatic heterocycles. The molecule has 2 aliphatic heterocycles. The Morgan fingerprint density at radius 3 is 2.05 bits per heavy atom. The topological polar surface area (TPSA) is 101 Å². The van der Waals surface area contributed by atoms with Crippen molar-refractivity contribution in [2.45, 2.75) is 56.5 Å². The van der Waals surface area contributed by atoms with Crippen LogP contribution >= 0.6 is 11.3 Å². The van der Waals surface area contributed by atoms with Crippen LogP contribution in [0.2, 0.25) is 0 Å². The second-order valence-corrected chi connectivity index (χ2v) is 9.96. The van der Waals surface area contributed by atoms with Gasteiger partial charge in [0.05, 0.1) is 5.54 Å². The van der Waals surface area contributed by atoms with Gasteiger partial charge in [-0.05, 0) is 57.8 Å². The molecule has 0 bridgehead atoms. The van der Waals surface area contributed by atoms with Crippen LogP contribution in [-0.4, -0.2) is 101 Å². The molecule has 0 aromatic carbocycles. The van der Waals surface area contributed by atoms with E-state index in [-0.39, 0.29) is 5.54 Å². The van der Waals surface area contributed by atoms with E-state index in [9.17, 15) is 31.1 Å². The number of rotatable bonds is 5. The first-order valence-corrected chi connectivity index (χ1v) is 12.2. The number of carbonyl (C=O) groups excluding carboxylic acids is 1. The van der Waals surface area contributed by atoms with Crippen LogP contribution in [0.5, 0.6) is 0 Å². The van der Waals surface area contributed by atoms with E-state index in [0.717, 1.165) is 45.6 Å². The fourth-order valence-corrected chi connectivity index (χ4v) is 4.90. The van der Waals surface area contributed by atoms with E-state index in [0.29, 0.717) is 5.91 Å². The lowest BCUT2D eigenvalue weighted by molar-refractivity contribution is -0.193. The van der Waals surface area contributed by atoms with Crippen LogP contribution < -0.4 is 0 Å². The third-order valence-electron chi connectivity index (χ3n) is 5.76. The predicted octanol–water partition coefficient (Wildman–Crippen LogP) is 3.92. The van der Waals surface area contributed by atoms with Crippen LogP contribution in [0.1, 0.15) is 37.0 Å². The lowest BCUT2D eigenvalue weighted by Gasteiger charge is -2.52. The summed E-state index contributed by atoms with van der Waals surface area (Å²) in [5, 5.41) is 16.4. The van der Waals surface area contributed by atoms with Crippen LogP contribution in [-0.2, 0) is 20.9 Å². The lowest BCUT2D eigenvalue weighted by atomic mass is 9.79. The highest BCUT2D eigenvalue weighted by Gasteiger charge is 2.44. The van der Waals surface area contributed by atoms with Gasteiger partial charge in [-0.1, -0.05) is 6.07 Å². The number of hydrogen-bond acceptors (Lipinski definition) is 6. The van der Waals surface area contributed by atoms with E-state index in [4.69, 9.17) is 19.8 Å². The van der Waals surface area contributed by atoms with E-state index in [1.807, 2.05) is 11.3 Å². The molecule has 1 amide bonds. The Hall–Kier alpha value is -2.39. The Labute approximate surface area is 214 Å². The number of carboxylic acids is 2. The molecular formula is C22H31F6N3O5S. The molecule has 3 rings (SSSR count). The smallest absolute Gasteiger partial charge is 0.475 e. The first-order chi connectivity index (χ1) is 17.0. The standard InChI is InChI=1S/C18H29N3OS.2C2HF3O2/c1-19(2)11-12-21-17(22)7-3-8-18(21)9-5-10-20(15-18)14-16-6-4-13-23-16;2*3-2(4,5)1(6)7/h4,6,13H,3,5,7-12,14-15H2,1-2H3;2*(H,6,7). The number of likely N-dealkylation sites (tertiary alicyclic amines) is 2. The Morgan fingerprint density at radius 2 is 1.59 bits per heavy atom. The van der Waals surface area contributed by atoms with Gasteiger partial charge in [-0.2, -0.15) is 26.3 Å². The number of amides is 1. The number of halogens is 6. The summed E-state index contributed by atoms with van der Waals surface area (Å²) >= 11 is 1.84. The van der Waals surface area contributed by atoms with Crippen molar-refractivity contribution in [3.63, 3.8) is 0 Å². The molecule has 0 aliphatic carbocycles. The van der Waals surface area contributed by atoms with Gasteiger partial charge in [0.2, 0.25) is 5.91 Å². The summed E-state index contributed by atoms with van der Waals surface area (Å²) in [4.78, 5) is 38.8. The maximum absolute atomic E-state index is 12.6. The SMILES string of the molecule is CN(C)CCN1C(=O)CCCC12CCCN(Cc1cccs1)C2.O=C(O)C(F)(F)F.O=C(O)C(F)(F)F. The van der Waals surface area contributed by atoms with Gasteiger partial charge in [0, 0.05) is 37.5 Å². The number of piperidine rings is 2. The van der Waals surface area contributed by atoms with Gasteiger partial charge in [0.1, 0.15) is 0 Å². The monoisotopic (exact) mass is 563 g/mol. The van der Waals surface area contributed by atoms with E-state index < -0.39 is 24.3 Å². The van der Waals surface area contributed by atoms with Gasteiger partial charge >= 0.3 is 24.3 Å². The Morgan fingerprint density at radius 1 is 1.05 bits per heavy atom. The van der Waals surface area contributed by atoms with Crippen LogP contribution in [0, 0.1) is 0 Å². The van der Waals surface area contributed by atoms with Gasteiger partial charge in [0.25, 0.3) is 0 Å². The van der Waals surface area contributed by atoms with Crippen molar-refractivity contribution in [2.24, 2.45) is 0 Å². The summed E-state index contributed by atoms with van der Waals surface area (Å²) in [7, 11) is 4.18. The highest BCUT2D eigenvalue weighted by atomic mass is 32.1. The Kier molecular flexibility index (Phi) is 12.3. The van der Waals surface area contributed by atoms with Gasteiger partial charge in [0.15, 0.2) is 0 Å². The second kappa shape index (κ2) is 14.0. The molecular weight excluding hydrogens is 532 g/mol. The zero-order chi connectivity index (χ0) is 28.4. The Bertz CT molecular complexity index is 851. The molecule has 2 saturated heterocycles. The number of thiophene rings is 1. The summed E-state index contributed by atoms with van der Waals surface area (Å²) < 4.78 is 63.5. The molecule has 1 spiro atoms. The first kappa shape index (κ1) is 32.6. The number of aliphatic carboxylic acids is 2. The number of alkyl halides is 6. The quantitative estimate of drug-likeness (QED) is 0.524. The van der Waals surface area contributed by atoms with Crippen molar-refractivity contribution in [1.29, 1.82) is 0 Å². The molecule has 2 aliphatic rings. The van der Waals surface area contributed by atoms with Crippen molar-refractivity contribution in [2.75, 3.05) is 40.3 Å². The van der Waals surface area contributed by atoms with Crippen LogP contribution in [0.3, 0.4) is 0 Å². The van der Waals surface area contributed by atoms with Crippen LogP contribution in [0.15, 0.2) is 17.5 Å².